The summed E-state index contributed by atoms with van der Waals surface area (Å²) >= 11 is 0. The van der Waals surface area contributed by atoms with Gasteiger partial charge < -0.3 is 0 Å². The van der Waals surface area contributed by atoms with Crippen molar-refractivity contribution in [3.8, 4) is 0 Å². The minimum absolute atomic E-state index is 0.0240. The van der Waals surface area contributed by atoms with Crippen LogP contribution in [0, 0.1) is 5.41 Å². The number of carboxylic acid groups (broad SMARTS) is 1. The molecule has 11 nitrogen and oxygen atoms in total. The van der Waals surface area contributed by atoms with E-state index >= 15 is 0 Å². The molecular formula is C15H28N3O8P. The number of amides is 1. The molecule has 2 aliphatic rings. The van der Waals surface area contributed by atoms with Crippen LogP contribution in [0.3, 0.4) is 0 Å². The molecule has 0 aromatic heterocycles. The van der Waals surface area contributed by atoms with Crippen LogP contribution in [0.5, 0.6) is 0 Å². The molecular weight excluding hydrogens is 381 g/mol. The van der Waals surface area contributed by atoms with Gasteiger partial charge in [0, 0.05) is 0 Å². The van der Waals surface area contributed by atoms with Gasteiger partial charge in [-0.3, -0.25) is 0 Å². The number of aliphatic carboxylic acids is 1. The van der Waals surface area contributed by atoms with Crippen LogP contribution in [0.1, 0.15) is 26.7 Å². The molecule has 2 heterocycles. The molecule has 0 bridgehead atoms. The topological polar surface area (TPSA) is 155 Å². The van der Waals surface area contributed by atoms with E-state index in [0.29, 0.717) is 6.54 Å². The number of rotatable bonds is 7. The average Bonchev–Trinajstić information content (AvgIpc) is 3.05. The van der Waals surface area contributed by atoms with Crippen molar-refractivity contribution in [2.45, 2.75) is 44.9 Å². The number of hydrogen-bond acceptors (Lipinski definition) is 9. The van der Waals surface area contributed by atoms with E-state index in [2.05, 4.69) is 20.5 Å². The summed E-state index contributed by atoms with van der Waals surface area (Å²) in [6.45, 7) is 4.04. The van der Waals surface area contributed by atoms with E-state index in [4.69, 9.17) is 14.2 Å². The number of carbonyl (C=O) groups is 3. The molecule has 2 fully saturated rings. The first-order chi connectivity index (χ1) is 12.6. The number of esters is 1. The van der Waals surface area contributed by atoms with Crippen LogP contribution in [-0.4, -0.2) is 72.8 Å². The van der Waals surface area contributed by atoms with E-state index in [1.165, 1.54) is 7.11 Å². The molecule has 2 aliphatic heterocycles. The first-order valence-corrected chi connectivity index (χ1v) is 10.5. The van der Waals surface area contributed by atoms with Gasteiger partial charge in [-0.15, -0.1) is 0 Å². The van der Waals surface area contributed by atoms with Gasteiger partial charge in [0.2, 0.25) is 0 Å². The molecule has 0 radical (unpaired) electrons. The molecule has 0 aromatic rings. The molecule has 1 amide bonds. The van der Waals surface area contributed by atoms with Crippen molar-refractivity contribution in [2.24, 2.45) is 5.41 Å². The van der Waals surface area contributed by atoms with Crippen LogP contribution in [0.25, 0.3) is 0 Å². The molecule has 0 aliphatic carbocycles. The second-order valence-electron chi connectivity index (χ2n) is 7.35. The van der Waals surface area contributed by atoms with Gasteiger partial charge in [-0.1, -0.05) is 0 Å². The van der Waals surface area contributed by atoms with Crippen molar-refractivity contribution in [1.82, 2.24) is 15.7 Å². The van der Waals surface area contributed by atoms with Gasteiger partial charge >= 0.3 is 157 Å². The fourth-order valence-electron chi connectivity index (χ4n) is 2.97. The molecule has 27 heavy (non-hydrogen) atoms. The van der Waals surface area contributed by atoms with Crippen LogP contribution in [0.4, 0.5) is 0 Å². The fourth-order valence-corrected chi connectivity index (χ4v) is 5.24. The van der Waals surface area contributed by atoms with Crippen LogP contribution < -0.4 is 15.7 Å². The van der Waals surface area contributed by atoms with Crippen molar-refractivity contribution in [3.63, 3.8) is 0 Å². The van der Waals surface area contributed by atoms with Crippen molar-refractivity contribution in [3.05, 3.63) is 0 Å². The molecule has 5 N–H and O–H groups in total. The van der Waals surface area contributed by atoms with E-state index in [9.17, 15) is 19.3 Å². The zero-order valence-electron chi connectivity index (χ0n) is 15.6. The second-order valence-corrected chi connectivity index (χ2v) is 9.33. The van der Waals surface area contributed by atoms with Crippen molar-refractivity contribution in [1.29, 1.82) is 0 Å². The van der Waals surface area contributed by atoms with E-state index in [1.54, 1.807) is 13.8 Å². The summed E-state index contributed by atoms with van der Waals surface area (Å²) in [6, 6.07) is -1.07. The summed E-state index contributed by atoms with van der Waals surface area (Å²) in [7, 11) is -2.62. The number of methoxy groups -OCH3 is 1. The Balaban J connectivity index is 1.95. The maximum atomic E-state index is 12.5. The van der Waals surface area contributed by atoms with Gasteiger partial charge in [0.25, 0.3) is 0 Å². The standard InChI is InChI=1S/C15H28N3O8P/c1-15(2)8-25-27(23,18-9-6-10(14(21)22)17-7-9)26-12(15)13(20)16-5-4-11(19)24-3/h9-10,12,17-18,23,27H,4-8H2,1-3H3,(H,16,20)(H,21,22)/t9-,10-,12+/m1/s1. The molecule has 156 valence electrons. The molecule has 2 saturated heterocycles. The Morgan fingerprint density at radius 2 is 2.07 bits per heavy atom. The number of ether oxygens (including phenoxy) is 1. The minimum atomic E-state index is -3.88. The Morgan fingerprint density at radius 3 is 2.67 bits per heavy atom. The van der Waals surface area contributed by atoms with Crippen LogP contribution in [-0.2, 0) is 28.2 Å². The summed E-state index contributed by atoms with van der Waals surface area (Å²) in [4.78, 5) is 45.4. The van der Waals surface area contributed by atoms with E-state index < -0.39 is 43.5 Å². The first-order valence-electron chi connectivity index (χ1n) is 8.69. The Kier molecular flexibility index (Phi) is 7.12. The van der Waals surface area contributed by atoms with Crippen LogP contribution >= 0.6 is 8.09 Å². The Bertz CT molecular complexity index is 589. The predicted octanol–water partition coefficient (Wildman–Crippen LogP) is -1.09. The molecule has 0 spiro atoms. The van der Waals surface area contributed by atoms with Crippen molar-refractivity contribution < 1.29 is 38.2 Å². The molecule has 0 aromatic carbocycles. The van der Waals surface area contributed by atoms with E-state index in [1.807, 2.05) is 0 Å². The van der Waals surface area contributed by atoms with Crippen molar-refractivity contribution in [2.75, 3.05) is 26.8 Å². The molecule has 12 heteroatoms. The first kappa shape index (κ1) is 21.9. The maximum absolute atomic E-state index is 12.5. The SMILES string of the molecule is COC(=O)CCNC(=O)[C@@H]1O[PH](O)(N[C@H]2CN[C@@H](C(=O)O)C2)OCC1(C)C. The number of nitrogens with one attached hydrogen (secondary N) is 3. The molecule has 0 saturated carbocycles. The Labute approximate surface area is 157 Å². The van der Waals surface area contributed by atoms with Crippen LogP contribution in [0.15, 0.2) is 0 Å². The predicted molar refractivity (Wildman–Crippen MR) is 95.7 cm³/mol. The zero-order chi connectivity index (χ0) is 20.2. The van der Waals surface area contributed by atoms with Crippen molar-refractivity contribution >= 4 is 25.9 Å². The second kappa shape index (κ2) is 8.76. The van der Waals surface area contributed by atoms with Gasteiger partial charge in [-0.05, 0) is 0 Å². The molecule has 0 unspecified atom stereocenters. The zero-order valence-corrected chi connectivity index (χ0v) is 16.6. The summed E-state index contributed by atoms with van der Waals surface area (Å²) in [5, 5.41) is 17.3. The third-order valence-electron chi connectivity index (χ3n) is 4.54. The molecule has 3 atom stereocenters. The Morgan fingerprint density at radius 1 is 1.37 bits per heavy atom. The number of carboxylic acids is 1. The summed E-state index contributed by atoms with van der Waals surface area (Å²) in [5.74, 6) is -1.88. The Hall–Kier alpha value is -1.36. The summed E-state index contributed by atoms with van der Waals surface area (Å²) < 4.78 is 15.7. The fraction of sp³-hybridized carbons (Fsp3) is 0.800. The summed E-state index contributed by atoms with van der Waals surface area (Å²) in [5.41, 5.74) is -0.701. The van der Waals surface area contributed by atoms with Gasteiger partial charge in [0.05, 0.1) is 0 Å². The van der Waals surface area contributed by atoms with Gasteiger partial charge in [-0.25, -0.2) is 0 Å². The average molecular weight is 409 g/mol. The third-order valence-corrected chi connectivity index (χ3v) is 6.40. The van der Waals surface area contributed by atoms with Gasteiger partial charge in [0.15, 0.2) is 0 Å². The van der Waals surface area contributed by atoms with Crippen LogP contribution in [0.2, 0.25) is 0 Å². The normalized spacial score (nSPS) is 30.3. The van der Waals surface area contributed by atoms with Gasteiger partial charge in [-0.2, -0.15) is 0 Å². The summed E-state index contributed by atoms with van der Waals surface area (Å²) in [6.07, 6.45) is -0.704. The number of carbonyl (C=O) groups excluding carboxylic acids is 2. The van der Waals surface area contributed by atoms with E-state index in [-0.39, 0.29) is 32.0 Å². The molecule has 2 rings (SSSR count). The van der Waals surface area contributed by atoms with Gasteiger partial charge in [0.1, 0.15) is 0 Å². The quantitative estimate of drug-likeness (QED) is 0.259. The number of hydrogen-bond donors (Lipinski definition) is 5. The van der Waals surface area contributed by atoms with E-state index in [0.717, 1.165) is 0 Å². The third kappa shape index (κ3) is 5.81. The monoisotopic (exact) mass is 409 g/mol.